The molecule has 204 valence electrons. The van der Waals surface area contributed by atoms with E-state index in [-0.39, 0.29) is 23.8 Å². The average Bonchev–Trinajstić information content (AvgIpc) is 3.59. The second kappa shape index (κ2) is 10.5. The number of carbonyl (C=O) groups excluding carboxylic acids is 3. The van der Waals surface area contributed by atoms with Crippen molar-refractivity contribution >= 4 is 23.4 Å². The van der Waals surface area contributed by atoms with Crippen molar-refractivity contribution in [3.8, 4) is 11.5 Å². The first kappa shape index (κ1) is 25.6. The largest absolute Gasteiger partial charge is 0.457 e. The molecule has 2 saturated heterocycles. The summed E-state index contributed by atoms with van der Waals surface area (Å²) in [4.78, 5) is 42.7. The Balaban J connectivity index is 1.19. The van der Waals surface area contributed by atoms with Gasteiger partial charge >= 0.3 is 0 Å². The van der Waals surface area contributed by atoms with Crippen LogP contribution in [0, 0.1) is 11.8 Å². The zero-order valence-electron chi connectivity index (χ0n) is 22.2. The Labute approximate surface area is 228 Å². The van der Waals surface area contributed by atoms with Gasteiger partial charge in [0.25, 0.3) is 0 Å². The summed E-state index contributed by atoms with van der Waals surface area (Å²) < 4.78 is 12.2. The molecule has 1 spiro atoms. The molecular formula is C31H35N3O5. The first-order valence-corrected chi connectivity index (χ1v) is 14.1. The van der Waals surface area contributed by atoms with Crippen molar-refractivity contribution < 1.29 is 23.9 Å². The smallest absolute Gasteiger partial charge is 0.246 e. The zero-order valence-corrected chi connectivity index (χ0v) is 22.2. The molecule has 5 atom stereocenters. The molecule has 3 aliphatic heterocycles. The van der Waals surface area contributed by atoms with Crippen LogP contribution in [0.1, 0.15) is 45.4 Å². The number of benzene rings is 2. The molecule has 3 fully saturated rings. The number of fused-ring (bicyclic) bond motifs is 1. The molecule has 0 radical (unpaired) electrons. The highest BCUT2D eigenvalue weighted by Crippen LogP contribution is 2.55. The molecule has 39 heavy (non-hydrogen) atoms. The van der Waals surface area contributed by atoms with E-state index < -0.39 is 29.6 Å². The number of hydrogen-bond acceptors (Lipinski definition) is 5. The van der Waals surface area contributed by atoms with Gasteiger partial charge in [0.05, 0.1) is 17.9 Å². The minimum Gasteiger partial charge on any atom is -0.457 e. The standard InChI is InChI=1S/C31H35N3O5/c1-2-19-34-27(29(36)33-20-9-5-3-6-10-20)31-18-17-24(39-31)25(26(31)30(34)37)28(35)32-21-13-15-23(16-14-21)38-22-11-7-4-8-12-22/h4,7-8,11-18,20,24-27H,2-3,5-6,9-10,19H2,1H3,(H,32,35)(H,33,36)/t24-,25+,26-,27+,31+/m1/s1. The molecule has 8 nitrogen and oxygen atoms in total. The van der Waals surface area contributed by atoms with Crippen LogP contribution in [0.3, 0.4) is 0 Å². The van der Waals surface area contributed by atoms with Gasteiger partial charge in [-0.05, 0) is 55.7 Å². The molecule has 1 aliphatic carbocycles. The van der Waals surface area contributed by atoms with Crippen LogP contribution >= 0.6 is 0 Å². The lowest BCUT2D eigenvalue weighted by Gasteiger charge is -2.34. The molecule has 2 aromatic rings. The lowest BCUT2D eigenvalue weighted by Crippen LogP contribution is -2.56. The van der Waals surface area contributed by atoms with E-state index in [1.807, 2.05) is 49.4 Å². The van der Waals surface area contributed by atoms with Crippen molar-refractivity contribution in [3.63, 3.8) is 0 Å². The average molecular weight is 530 g/mol. The van der Waals surface area contributed by atoms with Crippen molar-refractivity contribution in [3.05, 3.63) is 66.7 Å². The van der Waals surface area contributed by atoms with Gasteiger partial charge in [0.2, 0.25) is 17.7 Å². The predicted octanol–water partition coefficient (Wildman–Crippen LogP) is 4.43. The highest BCUT2D eigenvalue weighted by Gasteiger charge is 2.72. The predicted molar refractivity (Wildman–Crippen MR) is 146 cm³/mol. The fraction of sp³-hybridized carbons (Fsp3) is 0.452. The van der Waals surface area contributed by atoms with E-state index in [1.54, 1.807) is 29.2 Å². The Morgan fingerprint density at radius 3 is 2.44 bits per heavy atom. The number of carbonyl (C=O) groups is 3. The van der Waals surface area contributed by atoms with Gasteiger partial charge in [0.15, 0.2) is 0 Å². The number of likely N-dealkylation sites (tertiary alicyclic amines) is 1. The van der Waals surface area contributed by atoms with Crippen molar-refractivity contribution in [2.75, 3.05) is 11.9 Å². The summed E-state index contributed by atoms with van der Waals surface area (Å²) in [7, 11) is 0. The van der Waals surface area contributed by atoms with Gasteiger partial charge in [-0.25, -0.2) is 0 Å². The van der Waals surface area contributed by atoms with E-state index in [0.717, 1.165) is 31.4 Å². The fourth-order valence-electron chi connectivity index (χ4n) is 6.73. The molecule has 4 aliphatic rings. The summed E-state index contributed by atoms with van der Waals surface area (Å²) in [6.45, 7) is 2.43. The first-order chi connectivity index (χ1) is 19.0. The summed E-state index contributed by atoms with van der Waals surface area (Å²) in [6.07, 6.45) is 9.17. The highest BCUT2D eigenvalue weighted by atomic mass is 16.5. The van der Waals surface area contributed by atoms with E-state index in [9.17, 15) is 14.4 Å². The van der Waals surface area contributed by atoms with Crippen molar-refractivity contribution in [1.82, 2.24) is 10.2 Å². The summed E-state index contributed by atoms with van der Waals surface area (Å²) in [5.41, 5.74) is -0.519. The molecule has 0 aromatic heterocycles. The van der Waals surface area contributed by atoms with E-state index in [2.05, 4.69) is 10.6 Å². The van der Waals surface area contributed by atoms with Crippen LogP contribution in [0.4, 0.5) is 5.69 Å². The van der Waals surface area contributed by atoms with Gasteiger partial charge in [0.1, 0.15) is 23.1 Å². The minimum absolute atomic E-state index is 0.121. The fourth-order valence-corrected chi connectivity index (χ4v) is 6.73. The number of nitrogens with one attached hydrogen (secondary N) is 2. The van der Waals surface area contributed by atoms with Gasteiger partial charge in [-0.2, -0.15) is 0 Å². The van der Waals surface area contributed by atoms with Crippen molar-refractivity contribution in [2.24, 2.45) is 11.8 Å². The van der Waals surface area contributed by atoms with E-state index in [0.29, 0.717) is 24.4 Å². The summed E-state index contributed by atoms with van der Waals surface area (Å²) in [6, 6.07) is 15.9. The molecule has 2 bridgehead atoms. The van der Waals surface area contributed by atoms with Crippen LogP contribution < -0.4 is 15.4 Å². The van der Waals surface area contributed by atoms with Crippen LogP contribution in [0.5, 0.6) is 11.5 Å². The van der Waals surface area contributed by atoms with E-state index >= 15 is 0 Å². The van der Waals surface area contributed by atoms with Crippen LogP contribution in [-0.4, -0.2) is 53.0 Å². The maximum absolute atomic E-state index is 13.8. The molecule has 3 amide bonds. The quantitative estimate of drug-likeness (QED) is 0.494. The lowest BCUT2D eigenvalue weighted by molar-refractivity contribution is -0.141. The van der Waals surface area contributed by atoms with Crippen LogP contribution in [0.25, 0.3) is 0 Å². The third kappa shape index (κ3) is 4.61. The number of para-hydroxylation sites is 1. The molecule has 2 aromatic carbocycles. The van der Waals surface area contributed by atoms with Crippen molar-refractivity contribution in [1.29, 1.82) is 0 Å². The monoisotopic (exact) mass is 529 g/mol. The highest BCUT2D eigenvalue weighted by molar-refractivity contribution is 6.02. The molecule has 2 N–H and O–H groups in total. The lowest BCUT2D eigenvalue weighted by atomic mass is 9.74. The Bertz CT molecular complexity index is 1260. The molecule has 6 rings (SSSR count). The van der Waals surface area contributed by atoms with Crippen LogP contribution in [0.2, 0.25) is 0 Å². The second-order valence-electron chi connectivity index (χ2n) is 11.0. The third-order valence-electron chi connectivity index (χ3n) is 8.44. The van der Waals surface area contributed by atoms with Crippen molar-refractivity contribution in [2.45, 2.75) is 69.2 Å². The van der Waals surface area contributed by atoms with E-state index in [1.165, 1.54) is 6.42 Å². The topological polar surface area (TPSA) is 97.0 Å². The van der Waals surface area contributed by atoms with Gasteiger partial charge in [0, 0.05) is 18.3 Å². The summed E-state index contributed by atoms with van der Waals surface area (Å²) in [5.74, 6) is -0.713. The first-order valence-electron chi connectivity index (χ1n) is 14.1. The number of rotatable bonds is 8. The van der Waals surface area contributed by atoms with E-state index in [4.69, 9.17) is 9.47 Å². The molecule has 0 unspecified atom stereocenters. The van der Waals surface area contributed by atoms with Gasteiger partial charge in [-0.1, -0.05) is 56.5 Å². The number of ether oxygens (including phenoxy) is 2. The number of anilines is 1. The Hall–Kier alpha value is -3.65. The Kier molecular flexibility index (Phi) is 6.89. The Morgan fingerprint density at radius 1 is 1.00 bits per heavy atom. The molecule has 3 heterocycles. The Morgan fingerprint density at radius 2 is 1.72 bits per heavy atom. The molecule has 1 saturated carbocycles. The number of nitrogens with zero attached hydrogens (tertiary/aromatic N) is 1. The van der Waals surface area contributed by atoms with Crippen LogP contribution in [-0.2, 0) is 19.1 Å². The second-order valence-corrected chi connectivity index (χ2v) is 11.0. The summed E-state index contributed by atoms with van der Waals surface area (Å²) >= 11 is 0. The van der Waals surface area contributed by atoms with Gasteiger partial charge < -0.3 is 25.0 Å². The normalized spacial score (nSPS) is 29.4. The number of hydrogen-bond donors (Lipinski definition) is 2. The maximum Gasteiger partial charge on any atom is 0.246 e. The maximum atomic E-state index is 13.8. The molecular weight excluding hydrogens is 494 g/mol. The van der Waals surface area contributed by atoms with Crippen LogP contribution in [0.15, 0.2) is 66.7 Å². The van der Waals surface area contributed by atoms with Gasteiger partial charge in [-0.3, -0.25) is 14.4 Å². The molecule has 8 heteroatoms. The number of amides is 3. The summed E-state index contributed by atoms with van der Waals surface area (Å²) in [5, 5.41) is 6.17. The SMILES string of the molecule is CCCN1C(=O)[C@H]2[C@@H](C(=O)Nc3ccc(Oc4ccccc4)cc3)[C@H]3C=C[C@@]2(O3)[C@@H]1C(=O)NC1CCCCC1. The van der Waals surface area contributed by atoms with Gasteiger partial charge in [-0.15, -0.1) is 0 Å². The minimum atomic E-state index is -1.12. The zero-order chi connectivity index (χ0) is 27.0. The third-order valence-corrected chi connectivity index (χ3v) is 8.44.